The summed E-state index contributed by atoms with van der Waals surface area (Å²) >= 11 is 0. The molecule has 7 nitrogen and oxygen atoms in total. The van der Waals surface area contributed by atoms with Crippen molar-refractivity contribution in [2.45, 2.75) is 18.7 Å². The number of hydrogen-bond donors (Lipinski definition) is 2. The summed E-state index contributed by atoms with van der Waals surface area (Å²) in [4.78, 5) is 12.4. The highest BCUT2D eigenvalue weighted by Crippen LogP contribution is 2.17. The number of hydrogen-bond acceptors (Lipinski definition) is 5. The van der Waals surface area contributed by atoms with Crippen LogP contribution in [0.1, 0.15) is 28.4 Å². The third kappa shape index (κ3) is 6.16. The first-order valence-corrected chi connectivity index (χ1v) is 11.1. The zero-order valence-corrected chi connectivity index (χ0v) is 18.0. The van der Waals surface area contributed by atoms with E-state index in [2.05, 4.69) is 15.2 Å². The van der Waals surface area contributed by atoms with E-state index in [0.29, 0.717) is 17.9 Å². The normalized spacial score (nSPS) is 11.3. The maximum Gasteiger partial charge on any atom is 0.271 e. The van der Waals surface area contributed by atoms with Gasteiger partial charge in [0.15, 0.2) is 0 Å². The van der Waals surface area contributed by atoms with Gasteiger partial charge in [-0.15, -0.1) is 0 Å². The summed E-state index contributed by atoms with van der Waals surface area (Å²) in [6, 6.07) is 19.9. The number of sulfonamides is 1. The van der Waals surface area contributed by atoms with Gasteiger partial charge < -0.3 is 4.74 Å². The van der Waals surface area contributed by atoms with Crippen LogP contribution < -0.4 is 14.9 Å². The van der Waals surface area contributed by atoms with Crippen LogP contribution in [0.4, 0.5) is 5.69 Å². The van der Waals surface area contributed by atoms with Crippen molar-refractivity contribution in [3.05, 3.63) is 89.5 Å². The fourth-order valence-corrected chi connectivity index (χ4v) is 3.73. The van der Waals surface area contributed by atoms with E-state index in [1.54, 1.807) is 24.3 Å². The molecule has 0 fully saturated rings. The van der Waals surface area contributed by atoms with Crippen molar-refractivity contribution in [1.29, 1.82) is 0 Å². The molecule has 0 saturated carbocycles. The Morgan fingerprint density at radius 3 is 2.23 bits per heavy atom. The highest BCUT2D eigenvalue weighted by atomic mass is 32.2. The molecule has 0 aliphatic rings. The first-order chi connectivity index (χ1) is 14.9. The number of rotatable bonds is 8. The van der Waals surface area contributed by atoms with Gasteiger partial charge in [-0.1, -0.05) is 17.7 Å². The van der Waals surface area contributed by atoms with Gasteiger partial charge in [0.2, 0.25) is 0 Å². The first kappa shape index (κ1) is 22.0. The molecule has 0 spiro atoms. The fourth-order valence-electron chi connectivity index (χ4n) is 2.67. The minimum atomic E-state index is -3.70. The topological polar surface area (TPSA) is 96.9 Å². The number of benzene rings is 3. The Balaban J connectivity index is 1.59. The van der Waals surface area contributed by atoms with Gasteiger partial charge in [-0.2, -0.15) is 5.10 Å². The summed E-state index contributed by atoms with van der Waals surface area (Å²) in [6.07, 6.45) is 1.53. The average molecular weight is 438 g/mol. The van der Waals surface area contributed by atoms with Crippen molar-refractivity contribution in [2.75, 3.05) is 11.3 Å². The molecule has 2 N–H and O–H groups in total. The quantitative estimate of drug-likeness (QED) is 0.412. The van der Waals surface area contributed by atoms with Gasteiger partial charge in [-0.3, -0.25) is 9.52 Å². The van der Waals surface area contributed by atoms with Crippen LogP contribution in [0.5, 0.6) is 5.75 Å². The molecule has 3 aromatic rings. The maximum atomic E-state index is 12.4. The first-order valence-electron chi connectivity index (χ1n) is 9.63. The van der Waals surface area contributed by atoms with Gasteiger partial charge in [0.05, 0.1) is 17.7 Å². The van der Waals surface area contributed by atoms with E-state index in [1.165, 1.54) is 30.5 Å². The standard InChI is InChI=1S/C23H23N3O4S/c1-3-30-21-12-6-18(7-13-21)16-24-25-23(27)19-8-10-20(11-9-19)26-31(28,29)22-14-4-17(2)5-15-22/h4-16,26H,3H2,1-2H3,(H,25,27)/b24-16-. The monoisotopic (exact) mass is 437 g/mol. The van der Waals surface area contributed by atoms with Gasteiger partial charge in [0.25, 0.3) is 15.9 Å². The average Bonchev–Trinajstić information content (AvgIpc) is 2.76. The summed E-state index contributed by atoms with van der Waals surface area (Å²) in [5.74, 6) is 0.358. The minimum absolute atomic E-state index is 0.170. The van der Waals surface area contributed by atoms with E-state index in [-0.39, 0.29) is 4.90 Å². The van der Waals surface area contributed by atoms with E-state index in [9.17, 15) is 13.2 Å². The van der Waals surface area contributed by atoms with E-state index in [1.807, 2.05) is 38.1 Å². The smallest absolute Gasteiger partial charge is 0.271 e. The predicted molar refractivity (Wildman–Crippen MR) is 121 cm³/mol. The van der Waals surface area contributed by atoms with Gasteiger partial charge in [-0.05, 0) is 80.1 Å². The second-order valence-electron chi connectivity index (χ2n) is 6.70. The van der Waals surface area contributed by atoms with Crippen molar-refractivity contribution in [3.8, 4) is 5.75 Å². The van der Waals surface area contributed by atoms with E-state index in [0.717, 1.165) is 16.9 Å². The lowest BCUT2D eigenvalue weighted by Gasteiger charge is -2.09. The molecule has 31 heavy (non-hydrogen) atoms. The Morgan fingerprint density at radius 1 is 0.968 bits per heavy atom. The number of anilines is 1. The van der Waals surface area contributed by atoms with Crippen molar-refractivity contribution >= 4 is 27.8 Å². The van der Waals surface area contributed by atoms with Crippen LogP contribution in [0.2, 0.25) is 0 Å². The molecule has 3 rings (SSSR count). The van der Waals surface area contributed by atoms with Crippen molar-refractivity contribution in [1.82, 2.24) is 5.43 Å². The molecular weight excluding hydrogens is 414 g/mol. The molecule has 3 aromatic carbocycles. The SMILES string of the molecule is CCOc1ccc(/C=N\NC(=O)c2ccc(NS(=O)(=O)c3ccc(C)cc3)cc2)cc1. The fraction of sp³-hybridized carbons (Fsp3) is 0.130. The Kier molecular flexibility index (Phi) is 7.04. The van der Waals surface area contributed by atoms with Crippen LogP contribution in [0.15, 0.2) is 82.8 Å². The van der Waals surface area contributed by atoms with Gasteiger partial charge in [-0.25, -0.2) is 13.8 Å². The van der Waals surface area contributed by atoms with Crippen LogP contribution in [0.3, 0.4) is 0 Å². The Labute approximate surface area is 181 Å². The zero-order chi connectivity index (χ0) is 22.3. The number of hydrazone groups is 1. The van der Waals surface area contributed by atoms with Crippen molar-refractivity contribution in [2.24, 2.45) is 5.10 Å². The van der Waals surface area contributed by atoms with E-state index < -0.39 is 15.9 Å². The molecule has 8 heteroatoms. The molecule has 160 valence electrons. The third-order valence-corrected chi connectivity index (χ3v) is 5.70. The van der Waals surface area contributed by atoms with Crippen LogP contribution in [-0.4, -0.2) is 27.1 Å². The Bertz CT molecular complexity index is 1150. The number of ether oxygens (including phenoxy) is 1. The maximum absolute atomic E-state index is 12.4. The molecule has 0 heterocycles. The summed E-state index contributed by atoms with van der Waals surface area (Å²) < 4.78 is 32.8. The molecule has 0 radical (unpaired) electrons. The molecule has 0 aliphatic carbocycles. The third-order valence-electron chi connectivity index (χ3n) is 4.30. The van der Waals surface area contributed by atoms with Crippen LogP contribution in [0.25, 0.3) is 0 Å². The van der Waals surface area contributed by atoms with Crippen molar-refractivity contribution < 1.29 is 17.9 Å². The summed E-state index contributed by atoms with van der Waals surface area (Å²) in [5, 5.41) is 3.95. The second-order valence-corrected chi connectivity index (χ2v) is 8.38. The molecule has 0 aromatic heterocycles. The second kappa shape index (κ2) is 9.90. The van der Waals surface area contributed by atoms with Gasteiger partial charge in [0.1, 0.15) is 5.75 Å². The predicted octanol–water partition coefficient (Wildman–Crippen LogP) is 3.96. The lowest BCUT2D eigenvalue weighted by atomic mass is 10.2. The summed E-state index contributed by atoms with van der Waals surface area (Å²) in [7, 11) is -3.70. The van der Waals surface area contributed by atoms with Crippen molar-refractivity contribution in [3.63, 3.8) is 0 Å². The number of aryl methyl sites for hydroxylation is 1. The van der Waals surface area contributed by atoms with E-state index in [4.69, 9.17) is 4.74 Å². The molecule has 0 unspecified atom stereocenters. The summed E-state index contributed by atoms with van der Waals surface area (Å²) in [6.45, 7) is 4.39. The number of nitrogens with zero attached hydrogens (tertiary/aromatic N) is 1. The Morgan fingerprint density at radius 2 is 1.61 bits per heavy atom. The number of amides is 1. The molecule has 0 aliphatic heterocycles. The molecule has 0 atom stereocenters. The zero-order valence-electron chi connectivity index (χ0n) is 17.2. The molecular formula is C23H23N3O4S. The lowest BCUT2D eigenvalue weighted by Crippen LogP contribution is -2.18. The number of carbonyl (C=O) groups is 1. The Hall–Kier alpha value is -3.65. The van der Waals surface area contributed by atoms with Crippen LogP contribution in [0, 0.1) is 6.92 Å². The van der Waals surface area contributed by atoms with Gasteiger partial charge >= 0.3 is 0 Å². The minimum Gasteiger partial charge on any atom is -0.494 e. The van der Waals surface area contributed by atoms with Gasteiger partial charge in [0, 0.05) is 11.3 Å². The largest absolute Gasteiger partial charge is 0.494 e. The van der Waals surface area contributed by atoms with E-state index >= 15 is 0 Å². The lowest BCUT2D eigenvalue weighted by molar-refractivity contribution is 0.0955. The summed E-state index contributed by atoms with van der Waals surface area (Å²) in [5.41, 5.74) is 4.93. The van der Waals surface area contributed by atoms with Crippen LogP contribution >= 0.6 is 0 Å². The highest BCUT2D eigenvalue weighted by Gasteiger charge is 2.14. The van der Waals surface area contributed by atoms with Crippen LogP contribution in [-0.2, 0) is 10.0 Å². The number of nitrogens with one attached hydrogen (secondary N) is 2. The number of carbonyl (C=O) groups excluding carboxylic acids is 1. The molecule has 1 amide bonds. The highest BCUT2D eigenvalue weighted by molar-refractivity contribution is 7.92. The molecule has 0 saturated heterocycles. The molecule has 0 bridgehead atoms.